The zero-order valence-corrected chi connectivity index (χ0v) is 27.6. The monoisotopic (exact) mass is 584 g/mol. The van der Waals surface area contributed by atoms with Gasteiger partial charge in [0, 0.05) is 26.8 Å². The Hall–Kier alpha value is -3.84. The molecule has 0 fully saturated rings. The number of benzene rings is 3. The van der Waals surface area contributed by atoms with E-state index in [1.165, 1.54) is 28.7 Å². The molecule has 0 aliphatic heterocycles. The normalized spacial score (nSPS) is 11.3. The van der Waals surface area contributed by atoms with E-state index in [0.717, 1.165) is 29.9 Å². The van der Waals surface area contributed by atoms with Crippen LogP contribution >= 0.6 is 0 Å². The summed E-state index contributed by atoms with van der Waals surface area (Å²) in [5.74, 6) is 7.61. The van der Waals surface area contributed by atoms with Crippen LogP contribution in [-0.4, -0.2) is 18.4 Å². The van der Waals surface area contributed by atoms with Crippen molar-refractivity contribution in [2.24, 2.45) is 23.7 Å². The molecule has 0 saturated carbocycles. The van der Waals surface area contributed by atoms with Gasteiger partial charge >= 0.3 is 0 Å². The molecule has 0 bridgehead atoms. The number of carbonyl (C=O) groups excluding carboxylic acids is 2. The van der Waals surface area contributed by atoms with Crippen LogP contribution in [0.5, 0.6) is 0 Å². The third-order valence-electron chi connectivity index (χ3n) is 7.17. The Bertz CT molecular complexity index is 1360. The predicted octanol–water partition coefficient (Wildman–Crippen LogP) is 8.72. The van der Waals surface area contributed by atoms with E-state index in [-0.39, 0.29) is 26.5 Å². The molecule has 0 radical (unpaired) electrons. The van der Waals surface area contributed by atoms with Crippen molar-refractivity contribution in [2.45, 2.75) is 81.2 Å². The minimum absolute atomic E-state index is 0. The topological polar surface area (TPSA) is 58.2 Å². The van der Waals surface area contributed by atoms with E-state index in [9.17, 15) is 9.59 Å². The van der Waals surface area contributed by atoms with Crippen LogP contribution in [0.4, 0.5) is 0 Å². The molecule has 2 N–H and O–H groups in total. The summed E-state index contributed by atoms with van der Waals surface area (Å²) < 4.78 is 0. The molecule has 1 unspecified atom stereocenters. The van der Waals surface area contributed by atoms with E-state index in [1.807, 2.05) is 39.8 Å². The maximum absolute atomic E-state index is 11.7. The highest BCUT2D eigenvalue weighted by Gasteiger charge is 2.07. The fourth-order valence-corrected chi connectivity index (χ4v) is 4.36. The average molecular weight is 585 g/mol. The summed E-state index contributed by atoms with van der Waals surface area (Å²) in [6, 6.07) is 25.5. The second kappa shape index (κ2) is 18.6. The maximum Gasteiger partial charge on any atom is 0.223 e. The number of carbonyl (C=O) groups is 2. The zero-order chi connectivity index (χ0) is 31.8. The summed E-state index contributed by atoms with van der Waals surface area (Å²) in [7, 11) is 0. The van der Waals surface area contributed by atoms with Crippen molar-refractivity contribution in [1.29, 1.82) is 0 Å². The minimum Gasteiger partial charge on any atom is -0.352 e. The molecule has 0 heterocycles. The first-order valence-electron chi connectivity index (χ1n) is 15.8. The van der Waals surface area contributed by atoms with Crippen LogP contribution in [0.15, 0.2) is 72.8 Å². The third-order valence-corrected chi connectivity index (χ3v) is 7.17. The van der Waals surface area contributed by atoms with Gasteiger partial charge in [0.05, 0.1) is 6.54 Å². The average Bonchev–Trinajstić information content (AvgIpc) is 2.98. The second-order valence-corrected chi connectivity index (χ2v) is 12.5. The molecule has 0 aliphatic rings. The summed E-state index contributed by atoms with van der Waals surface area (Å²) in [5.41, 5.74) is 7.27. The summed E-state index contributed by atoms with van der Waals surface area (Å²) in [5, 5.41) is 5.76. The number of hydrogen-bond acceptors (Lipinski definition) is 2. The van der Waals surface area contributed by atoms with Gasteiger partial charge in [0.1, 0.15) is 0 Å². The smallest absolute Gasteiger partial charge is 0.223 e. The zero-order valence-electron chi connectivity index (χ0n) is 27.6. The van der Waals surface area contributed by atoms with Gasteiger partial charge < -0.3 is 10.6 Å². The Labute approximate surface area is 264 Å². The number of hydrogen-bond donors (Lipinski definition) is 2. The fraction of sp³-hybridized carbons (Fsp3) is 0.436. The van der Waals surface area contributed by atoms with Crippen LogP contribution in [-0.2, 0) is 29.0 Å². The first-order valence-corrected chi connectivity index (χ1v) is 15.8. The molecule has 234 valence electrons. The van der Waals surface area contributed by atoms with E-state index >= 15 is 0 Å². The number of amides is 2. The molecule has 1 atom stereocenters. The maximum atomic E-state index is 11.7. The first-order chi connectivity index (χ1) is 20.5. The summed E-state index contributed by atoms with van der Waals surface area (Å²) in [6.07, 6.45) is 3.42. The van der Waals surface area contributed by atoms with Crippen LogP contribution < -0.4 is 10.6 Å². The lowest BCUT2D eigenvalue weighted by Gasteiger charge is -2.11. The lowest BCUT2D eigenvalue weighted by molar-refractivity contribution is -0.124. The minimum atomic E-state index is 0. The number of rotatable bonds is 11. The predicted molar refractivity (Wildman–Crippen MR) is 186 cm³/mol. The molecule has 4 nitrogen and oxygen atoms in total. The number of nitrogens with one attached hydrogen (secondary N) is 2. The Morgan fingerprint density at radius 2 is 1.33 bits per heavy atom. The Morgan fingerprint density at radius 1 is 0.698 bits per heavy atom. The van der Waals surface area contributed by atoms with E-state index in [4.69, 9.17) is 0 Å². The van der Waals surface area contributed by atoms with Crippen LogP contribution in [0.1, 0.15) is 86.9 Å². The van der Waals surface area contributed by atoms with Crippen molar-refractivity contribution < 1.29 is 12.4 Å². The van der Waals surface area contributed by atoms with E-state index in [0.29, 0.717) is 19.0 Å². The molecular formula is C39H56N2O2. The van der Waals surface area contributed by atoms with Crippen molar-refractivity contribution in [3.8, 4) is 23.0 Å². The van der Waals surface area contributed by atoms with Gasteiger partial charge in [-0.25, -0.2) is 0 Å². The van der Waals surface area contributed by atoms with E-state index < -0.39 is 0 Å². The molecule has 0 aliphatic carbocycles. The third kappa shape index (κ3) is 13.8. The van der Waals surface area contributed by atoms with Crippen LogP contribution in [0.3, 0.4) is 0 Å². The first kappa shape index (κ1) is 35.4. The van der Waals surface area contributed by atoms with Crippen molar-refractivity contribution in [3.63, 3.8) is 0 Å². The molecule has 3 rings (SSSR count). The fourth-order valence-electron chi connectivity index (χ4n) is 4.36. The molecule has 0 saturated heterocycles. The van der Waals surface area contributed by atoms with Crippen molar-refractivity contribution in [2.75, 3.05) is 6.54 Å². The summed E-state index contributed by atoms with van der Waals surface area (Å²) in [6.45, 7) is 17.5. The quantitative estimate of drug-likeness (QED) is 0.222. The van der Waals surface area contributed by atoms with Gasteiger partial charge in [0.2, 0.25) is 11.8 Å². The van der Waals surface area contributed by atoms with Gasteiger partial charge in [-0.15, -0.1) is 0 Å². The van der Waals surface area contributed by atoms with Gasteiger partial charge in [-0.2, -0.15) is 0 Å². The highest BCUT2D eigenvalue weighted by Crippen LogP contribution is 2.22. The molecule has 3 aromatic carbocycles. The molecular weight excluding hydrogens is 528 g/mol. The van der Waals surface area contributed by atoms with E-state index in [1.54, 1.807) is 0 Å². The van der Waals surface area contributed by atoms with Crippen LogP contribution in [0.2, 0.25) is 0 Å². The molecule has 4 heteroatoms. The van der Waals surface area contributed by atoms with Gasteiger partial charge in [0.15, 0.2) is 0 Å². The van der Waals surface area contributed by atoms with Crippen LogP contribution in [0.25, 0.3) is 11.1 Å². The van der Waals surface area contributed by atoms with Crippen LogP contribution in [0, 0.1) is 35.5 Å². The standard InChI is InChI=1S/C22H29NO.C17H23NO.2H2/c1-5-17(4)13-18-9-11-20(12-10-18)21-8-6-7-19(14-21)15-23-22(24)16(2)3;1-13(2)11-16-8-5-7-15(12-16)9-6-10-18-17(19)14(3)4;;/h6-12,14,16-17H,5,13,15H2,1-4H3,(H,23,24);5,7-8,12-14H,10-11H2,1-4H3,(H,18,19);2*1H. The lowest BCUT2D eigenvalue weighted by Crippen LogP contribution is -2.27. The highest BCUT2D eigenvalue weighted by molar-refractivity contribution is 5.78. The summed E-state index contributed by atoms with van der Waals surface area (Å²) in [4.78, 5) is 23.1. The SMILES string of the molecule is CC(C)Cc1cccc(C#CCNC(=O)C(C)C)c1.CCC(C)Cc1ccc(-c2cccc(CNC(=O)C(C)C)c2)cc1.[HH].[HH]. The second-order valence-electron chi connectivity index (χ2n) is 12.5. The van der Waals surface area contributed by atoms with Gasteiger partial charge in [-0.1, -0.05) is 128 Å². The molecule has 3 aromatic rings. The van der Waals surface area contributed by atoms with Crippen molar-refractivity contribution in [1.82, 2.24) is 10.6 Å². The van der Waals surface area contributed by atoms with Gasteiger partial charge in [-0.3, -0.25) is 9.59 Å². The van der Waals surface area contributed by atoms with E-state index in [2.05, 4.69) is 111 Å². The lowest BCUT2D eigenvalue weighted by atomic mass is 9.96. The molecule has 0 spiro atoms. The Balaban J connectivity index is 0.000000845. The largest absolute Gasteiger partial charge is 0.352 e. The summed E-state index contributed by atoms with van der Waals surface area (Å²) >= 11 is 0. The van der Waals surface area contributed by atoms with Gasteiger partial charge in [-0.05, 0) is 70.7 Å². The molecule has 0 aromatic heterocycles. The Kier molecular flexibility index (Phi) is 15.3. The molecule has 43 heavy (non-hydrogen) atoms. The van der Waals surface area contributed by atoms with Crippen molar-refractivity contribution >= 4 is 11.8 Å². The van der Waals surface area contributed by atoms with Gasteiger partial charge in [0.25, 0.3) is 0 Å². The Morgan fingerprint density at radius 3 is 1.95 bits per heavy atom. The highest BCUT2D eigenvalue weighted by atomic mass is 16.2. The molecule has 2 amide bonds. The van der Waals surface area contributed by atoms with Crippen molar-refractivity contribution in [3.05, 3.63) is 95.1 Å².